The summed E-state index contributed by atoms with van der Waals surface area (Å²) in [6.45, 7) is 7.53. The number of anilines is 1. The number of nitrogens with zero attached hydrogens (tertiary/aromatic N) is 2. The van der Waals surface area contributed by atoms with E-state index < -0.39 is 0 Å². The molecular weight excluding hydrogens is 494 g/mol. The van der Waals surface area contributed by atoms with Crippen molar-refractivity contribution in [2.75, 3.05) is 31.6 Å². The molecule has 36 heavy (non-hydrogen) atoms. The van der Waals surface area contributed by atoms with Crippen molar-refractivity contribution in [2.24, 2.45) is 0 Å². The molecule has 1 aliphatic heterocycles. The number of carbonyl (C=O) groups excluding carboxylic acids is 2. The Bertz CT molecular complexity index is 1190. The predicted octanol–water partition coefficient (Wildman–Crippen LogP) is 6.58. The molecule has 0 saturated heterocycles. The number of nitrogens with one attached hydrogen (secondary N) is 1. The van der Waals surface area contributed by atoms with E-state index in [4.69, 9.17) is 16.3 Å². The third-order valence-electron chi connectivity index (χ3n) is 6.44. The molecule has 3 aromatic rings. The van der Waals surface area contributed by atoms with Crippen molar-refractivity contribution in [1.29, 1.82) is 0 Å². The maximum Gasteiger partial charge on any atom is 0.322 e. The second kappa shape index (κ2) is 11.8. The molecule has 0 spiro atoms. The van der Waals surface area contributed by atoms with E-state index in [0.29, 0.717) is 36.3 Å². The van der Waals surface area contributed by atoms with E-state index in [1.807, 2.05) is 24.0 Å². The molecule has 1 aliphatic rings. The van der Waals surface area contributed by atoms with Crippen LogP contribution >= 0.6 is 22.9 Å². The normalized spacial score (nSPS) is 14.9. The maximum atomic E-state index is 13.5. The van der Waals surface area contributed by atoms with E-state index >= 15 is 0 Å². The van der Waals surface area contributed by atoms with E-state index in [-0.39, 0.29) is 24.5 Å². The van der Waals surface area contributed by atoms with E-state index in [1.54, 1.807) is 35.6 Å². The number of hydrogen-bond donors (Lipinski definition) is 1. The van der Waals surface area contributed by atoms with Crippen LogP contribution in [0.2, 0.25) is 5.02 Å². The Hall–Kier alpha value is -3.03. The van der Waals surface area contributed by atoms with Crippen LogP contribution in [-0.4, -0.2) is 48.0 Å². The number of ether oxygens (including phenoxy) is 1. The first-order valence-electron chi connectivity index (χ1n) is 12.3. The summed E-state index contributed by atoms with van der Waals surface area (Å²) in [5, 5.41) is 5.44. The molecule has 190 valence electrons. The first-order chi connectivity index (χ1) is 17.4. The average Bonchev–Trinajstić information content (AvgIpc) is 3.35. The molecule has 1 atom stereocenters. The third-order valence-corrected chi connectivity index (χ3v) is 7.67. The first-order valence-corrected chi connectivity index (χ1v) is 13.5. The molecule has 1 aromatic heterocycles. The van der Waals surface area contributed by atoms with Gasteiger partial charge in [-0.3, -0.25) is 4.79 Å². The van der Waals surface area contributed by atoms with Gasteiger partial charge in [0.15, 0.2) is 0 Å². The van der Waals surface area contributed by atoms with Gasteiger partial charge in [-0.2, -0.15) is 0 Å². The lowest BCUT2D eigenvalue weighted by Gasteiger charge is -2.37. The van der Waals surface area contributed by atoms with E-state index in [9.17, 15) is 9.59 Å². The van der Waals surface area contributed by atoms with Crippen LogP contribution < -0.4 is 10.1 Å². The highest BCUT2D eigenvalue weighted by molar-refractivity contribution is 7.10. The van der Waals surface area contributed by atoms with Gasteiger partial charge in [-0.1, -0.05) is 43.6 Å². The average molecular weight is 526 g/mol. The van der Waals surface area contributed by atoms with E-state index in [0.717, 1.165) is 17.7 Å². The molecule has 0 unspecified atom stereocenters. The van der Waals surface area contributed by atoms with Crippen molar-refractivity contribution in [2.45, 2.75) is 39.2 Å². The standard InChI is InChI=1S/C28H32ClN3O3S/c1-4-31(28(34)30-22-7-5-6-21(29)16-22)17-27(33)32-14-12-26-24(13-15-36-26)25(32)18-35-23-10-8-20(9-11-23)19(2)3/h5-11,13,15-16,19,25H,4,12,14,17-18H2,1-3H3,(H,30,34)/t25-/m1/s1. The zero-order valence-electron chi connectivity index (χ0n) is 20.9. The zero-order chi connectivity index (χ0) is 25.7. The van der Waals surface area contributed by atoms with Gasteiger partial charge in [-0.25, -0.2) is 4.79 Å². The number of urea groups is 1. The Morgan fingerprint density at radius 3 is 2.67 bits per heavy atom. The monoisotopic (exact) mass is 525 g/mol. The highest BCUT2D eigenvalue weighted by Gasteiger charge is 2.33. The summed E-state index contributed by atoms with van der Waals surface area (Å²) >= 11 is 7.75. The van der Waals surface area contributed by atoms with Gasteiger partial charge in [-0.15, -0.1) is 11.3 Å². The molecular formula is C28H32ClN3O3S. The summed E-state index contributed by atoms with van der Waals surface area (Å²) in [5.74, 6) is 1.14. The maximum absolute atomic E-state index is 13.5. The molecule has 2 heterocycles. The predicted molar refractivity (Wildman–Crippen MR) is 146 cm³/mol. The Morgan fingerprint density at radius 1 is 1.19 bits per heavy atom. The number of benzene rings is 2. The minimum Gasteiger partial charge on any atom is -0.491 e. The van der Waals surface area contributed by atoms with Gasteiger partial charge < -0.3 is 19.9 Å². The molecule has 4 rings (SSSR count). The van der Waals surface area contributed by atoms with Crippen LogP contribution in [0.15, 0.2) is 60.0 Å². The number of amides is 3. The number of rotatable bonds is 8. The van der Waals surface area contributed by atoms with Gasteiger partial charge in [0.25, 0.3) is 0 Å². The van der Waals surface area contributed by atoms with Gasteiger partial charge in [-0.05, 0) is 72.2 Å². The Morgan fingerprint density at radius 2 is 1.97 bits per heavy atom. The fourth-order valence-corrected chi connectivity index (χ4v) is 5.47. The van der Waals surface area contributed by atoms with Gasteiger partial charge in [0.1, 0.15) is 18.9 Å². The summed E-state index contributed by atoms with van der Waals surface area (Å²) in [4.78, 5) is 31.0. The molecule has 0 radical (unpaired) electrons. The summed E-state index contributed by atoms with van der Waals surface area (Å²) in [6.07, 6.45) is 0.805. The Kier molecular flexibility index (Phi) is 8.54. The summed E-state index contributed by atoms with van der Waals surface area (Å²) in [7, 11) is 0. The number of fused-ring (bicyclic) bond motifs is 1. The molecule has 1 N–H and O–H groups in total. The van der Waals surface area contributed by atoms with Crippen molar-refractivity contribution in [3.8, 4) is 5.75 Å². The zero-order valence-corrected chi connectivity index (χ0v) is 22.4. The van der Waals surface area contributed by atoms with Gasteiger partial charge in [0, 0.05) is 28.7 Å². The molecule has 2 aromatic carbocycles. The lowest BCUT2D eigenvalue weighted by molar-refractivity contribution is -0.135. The Balaban J connectivity index is 1.45. The molecule has 0 aliphatic carbocycles. The van der Waals surface area contributed by atoms with Gasteiger partial charge in [0.05, 0.1) is 6.04 Å². The van der Waals surface area contributed by atoms with Crippen LogP contribution in [0.5, 0.6) is 5.75 Å². The van der Waals surface area contributed by atoms with Crippen LogP contribution in [0.3, 0.4) is 0 Å². The molecule has 3 amide bonds. The molecule has 0 bridgehead atoms. The van der Waals surface area contributed by atoms with Crippen molar-refractivity contribution in [3.05, 3.63) is 81.0 Å². The third kappa shape index (κ3) is 6.20. The number of likely N-dealkylation sites (N-methyl/N-ethyl adjacent to an activating group) is 1. The minimum atomic E-state index is -0.334. The number of halogens is 1. The lowest BCUT2D eigenvalue weighted by Crippen LogP contribution is -2.48. The molecule has 0 fully saturated rings. The van der Waals surface area contributed by atoms with Crippen molar-refractivity contribution in [1.82, 2.24) is 9.80 Å². The first kappa shape index (κ1) is 26.0. The number of hydrogen-bond acceptors (Lipinski definition) is 4. The minimum absolute atomic E-state index is 0.0119. The Labute approximate surface area is 221 Å². The highest BCUT2D eigenvalue weighted by atomic mass is 35.5. The van der Waals surface area contributed by atoms with Crippen molar-refractivity contribution >= 4 is 40.6 Å². The van der Waals surface area contributed by atoms with Gasteiger partial charge in [0.2, 0.25) is 5.91 Å². The van der Waals surface area contributed by atoms with Crippen LogP contribution in [-0.2, 0) is 11.2 Å². The molecule has 0 saturated carbocycles. The van der Waals surface area contributed by atoms with Crippen molar-refractivity contribution < 1.29 is 14.3 Å². The van der Waals surface area contributed by atoms with E-state index in [1.165, 1.54) is 15.3 Å². The summed E-state index contributed by atoms with van der Waals surface area (Å²) in [5.41, 5.74) is 2.98. The van der Waals surface area contributed by atoms with Crippen LogP contribution in [0.1, 0.15) is 48.7 Å². The second-order valence-electron chi connectivity index (χ2n) is 9.14. The topological polar surface area (TPSA) is 61.9 Å². The second-order valence-corrected chi connectivity index (χ2v) is 10.6. The van der Waals surface area contributed by atoms with Crippen LogP contribution in [0.4, 0.5) is 10.5 Å². The van der Waals surface area contributed by atoms with Crippen molar-refractivity contribution in [3.63, 3.8) is 0 Å². The number of carbonyl (C=O) groups is 2. The quantitative estimate of drug-likeness (QED) is 0.361. The summed E-state index contributed by atoms with van der Waals surface area (Å²) < 4.78 is 6.16. The summed E-state index contributed by atoms with van der Waals surface area (Å²) in [6, 6.07) is 16.6. The fraction of sp³-hybridized carbons (Fsp3) is 0.357. The van der Waals surface area contributed by atoms with E-state index in [2.05, 4.69) is 42.7 Å². The lowest BCUT2D eigenvalue weighted by atomic mass is 10.00. The fourth-order valence-electron chi connectivity index (χ4n) is 4.35. The molecule has 6 nitrogen and oxygen atoms in total. The SMILES string of the molecule is CCN(CC(=O)N1CCc2sccc2[C@H]1COc1ccc(C(C)C)cc1)C(=O)Nc1cccc(Cl)c1. The highest BCUT2D eigenvalue weighted by Crippen LogP contribution is 2.34. The largest absolute Gasteiger partial charge is 0.491 e. The smallest absolute Gasteiger partial charge is 0.322 e. The van der Waals surface area contributed by atoms with Crippen LogP contribution in [0.25, 0.3) is 0 Å². The number of thiophene rings is 1. The van der Waals surface area contributed by atoms with Gasteiger partial charge >= 0.3 is 6.03 Å². The molecule has 8 heteroatoms. The van der Waals surface area contributed by atoms with Crippen LogP contribution in [0, 0.1) is 0 Å².